The molecule has 0 aliphatic carbocycles. The van der Waals surface area contributed by atoms with Crippen molar-refractivity contribution in [1.82, 2.24) is 4.90 Å². The molecule has 0 saturated carbocycles. The number of fused-ring (bicyclic) bond motifs is 4. The number of rotatable bonds is 6. The first-order valence-corrected chi connectivity index (χ1v) is 12.6. The molecule has 0 unspecified atom stereocenters. The SMILES string of the molecule is CCc1ccc(N2C(=S)N(C(=O)c3cc(OC)c(OC)c(OC)c3)[C@H]3C[C@]2(C)Oc2ccccc23)cc1. The number of ether oxygens (including phenoxy) is 4. The molecule has 192 valence electrons. The molecule has 0 aromatic heterocycles. The maximum atomic E-state index is 14.3. The van der Waals surface area contributed by atoms with Crippen LogP contribution in [-0.2, 0) is 6.42 Å². The quantitative estimate of drug-likeness (QED) is 0.385. The Morgan fingerprint density at radius 3 is 2.27 bits per heavy atom. The fourth-order valence-corrected chi connectivity index (χ4v) is 5.75. The molecule has 2 heterocycles. The van der Waals surface area contributed by atoms with Crippen molar-refractivity contribution < 1.29 is 23.7 Å². The van der Waals surface area contributed by atoms with Crippen molar-refractivity contribution in [1.29, 1.82) is 0 Å². The Balaban J connectivity index is 1.66. The van der Waals surface area contributed by atoms with E-state index in [0.717, 1.165) is 23.4 Å². The predicted octanol–water partition coefficient (Wildman–Crippen LogP) is 5.76. The third kappa shape index (κ3) is 4.05. The van der Waals surface area contributed by atoms with E-state index in [0.29, 0.717) is 34.3 Å². The molecule has 1 amide bonds. The van der Waals surface area contributed by atoms with Gasteiger partial charge in [0.25, 0.3) is 5.91 Å². The summed E-state index contributed by atoms with van der Waals surface area (Å²) in [6, 6.07) is 19.0. The van der Waals surface area contributed by atoms with Gasteiger partial charge in [-0.15, -0.1) is 0 Å². The number of methoxy groups -OCH3 is 3. The van der Waals surface area contributed by atoms with Gasteiger partial charge in [-0.3, -0.25) is 14.6 Å². The van der Waals surface area contributed by atoms with Crippen molar-refractivity contribution in [3.63, 3.8) is 0 Å². The number of carbonyl (C=O) groups is 1. The Hall–Kier alpha value is -3.78. The van der Waals surface area contributed by atoms with E-state index < -0.39 is 5.72 Å². The molecular formula is C29H30N2O5S. The molecule has 8 heteroatoms. The van der Waals surface area contributed by atoms with Gasteiger partial charge in [0.1, 0.15) is 5.75 Å². The van der Waals surface area contributed by atoms with Gasteiger partial charge in [0.05, 0.1) is 27.4 Å². The molecule has 0 radical (unpaired) electrons. The van der Waals surface area contributed by atoms with Crippen LogP contribution in [-0.4, -0.2) is 43.0 Å². The maximum absolute atomic E-state index is 14.3. The number of hydrogen-bond acceptors (Lipinski definition) is 6. The Morgan fingerprint density at radius 1 is 1.03 bits per heavy atom. The minimum Gasteiger partial charge on any atom is -0.493 e. The normalized spacial score (nSPS) is 20.1. The van der Waals surface area contributed by atoms with E-state index in [2.05, 4.69) is 19.1 Å². The van der Waals surface area contributed by atoms with Gasteiger partial charge in [-0.25, -0.2) is 0 Å². The zero-order valence-electron chi connectivity index (χ0n) is 21.6. The lowest BCUT2D eigenvalue weighted by Crippen LogP contribution is -2.67. The van der Waals surface area contributed by atoms with Gasteiger partial charge in [-0.1, -0.05) is 37.3 Å². The van der Waals surface area contributed by atoms with E-state index in [1.165, 1.54) is 26.9 Å². The predicted molar refractivity (Wildman–Crippen MR) is 146 cm³/mol. The lowest BCUT2D eigenvalue weighted by Gasteiger charge is -2.55. The molecule has 0 N–H and O–H groups in total. The summed E-state index contributed by atoms with van der Waals surface area (Å²) in [5.74, 6) is 1.70. The third-order valence-electron chi connectivity index (χ3n) is 7.10. The third-order valence-corrected chi connectivity index (χ3v) is 7.47. The Kier molecular flexibility index (Phi) is 6.45. The van der Waals surface area contributed by atoms with E-state index >= 15 is 0 Å². The average Bonchev–Trinajstić information content (AvgIpc) is 2.92. The Morgan fingerprint density at radius 2 is 1.68 bits per heavy atom. The van der Waals surface area contributed by atoms with E-state index in [1.807, 2.05) is 48.2 Å². The highest BCUT2D eigenvalue weighted by atomic mass is 32.1. The number of hydrogen-bond donors (Lipinski definition) is 0. The van der Waals surface area contributed by atoms with Gasteiger partial charge in [0.2, 0.25) is 5.75 Å². The van der Waals surface area contributed by atoms with Crippen LogP contribution >= 0.6 is 12.2 Å². The molecule has 0 spiro atoms. The molecule has 2 aliphatic heterocycles. The largest absolute Gasteiger partial charge is 0.493 e. The highest BCUT2D eigenvalue weighted by molar-refractivity contribution is 7.80. The summed E-state index contributed by atoms with van der Waals surface area (Å²) in [6.45, 7) is 4.14. The Labute approximate surface area is 222 Å². The fraction of sp³-hybridized carbons (Fsp3) is 0.310. The minimum atomic E-state index is -0.768. The van der Waals surface area contributed by atoms with Gasteiger partial charge < -0.3 is 18.9 Å². The zero-order chi connectivity index (χ0) is 26.3. The molecule has 37 heavy (non-hydrogen) atoms. The number of para-hydroxylation sites is 1. The molecule has 1 saturated heterocycles. The van der Waals surface area contributed by atoms with E-state index in [4.69, 9.17) is 31.2 Å². The fourth-order valence-electron chi connectivity index (χ4n) is 5.24. The van der Waals surface area contributed by atoms with Gasteiger partial charge >= 0.3 is 0 Å². The van der Waals surface area contributed by atoms with Crippen LogP contribution in [0.5, 0.6) is 23.0 Å². The number of benzene rings is 3. The first-order chi connectivity index (χ1) is 17.8. The molecule has 3 aromatic rings. The second-order valence-electron chi connectivity index (χ2n) is 9.26. The second-order valence-corrected chi connectivity index (χ2v) is 9.63. The van der Waals surface area contributed by atoms with E-state index in [9.17, 15) is 4.79 Å². The summed E-state index contributed by atoms with van der Waals surface area (Å²) in [6.07, 6.45) is 1.47. The summed E-state index contributed by atoms with van der Waals surface area (Å²) in [5, 5.41) is 0.372. The summed E-state index contributed by atoms with van der Waals surface area (Å²) in [5.41, 5.74) is 2.62. The highest BCUT2D eigenvalue weighted by Gasteiger charge is 2.53. The first-order valence-electron chi connectivity index (χ1n) is 12.2. The van der Waals surface area contributed by atoms with Crippen LogP contribution < -0.4 is 23.8 Å². The van der Waals surface area contributed by atoms with Crippen LogP contribution in [0, 0.1) is 0 Å². The first kappa shape index (κ1) is 24.9. The monoisotopic (exact) mass is 518 g/mol. The van der Waals surface area contributed by atoms with Gasteiger partial charge in [-0.2, -0.15) is 0 Å². The lowest BCUT2D eigenvalue weighted by atomic mass is 9.88. The molecule has 5 rings (SSSR count). The number of thiocarbonyl (C=S) groups is 1. The molecule has 7 nitrogen and oxygen atoms in total. The molecule has 1 fully saturated rings. The number of nitrogens with zero attached hydrogens (tertiary/aromatic N) is 2. The standard InChI is InChI=1S/C29H30N2O5S/c1-6-18-11-13-20(14-12-18)31-28(37)30(22-17-29(31,2)36-23-10-8-7-9-21(22)23)27(32)19-15-24(33-3)26(35-5)25(16-19)34-4/h7-16,22H,6,17H2,1-5H3/t22-,29-/m0/s1. The van der Waals surface area contributed by atoms with Crippen molar-refractivity contribution in [3.05, 3.63) is 77.4 Å². The topological polar surface area (TPSA) is 60.5 Å². The summed E-state index contributed by atoms with van der Waals surface area (Å²) >= 11 is 6.06. The average molecular weight is 519 g/mol. The smallest absolute Gasteiger partial charge is 0.260 e. The lowest BCUT2D eigenvalue weighted by molar-refractivity contribution is 0.0184. The van der Waals surface area contributed by atoms with Crippen molar-refractivity contribution in [2.75, 3.05) is 26.2 Å². The van der Waals surface area contributed by atoms with Crippen molar-refractivity contribution in [2.24, 2.45) is 0 Å². The second kappa shape index (κ2) is 9.59. The van der Waals surface area contributed by atoms with Crippen LogP contribution in [0.3, 0.4) is 0 Å². The number of amides is 1. The van der Waals surface area contributed by atoms with Crippen LogP contribution in [0.25, 0.3) is 0 Å². The molecule has 3 aromatic carbocycles. The highest BCUT2D eigenvalue weighted by Crippen LogP contribution is 2.50. The van der Waals surface area contributed by atoms with Crippen molar-refractivity contribution >= 4 is 28.9 Å². The van der Waals surface area contributed by atoms with Crippen LogP contribution in [0.1, 0.15) is 47.8 Å². The van der Waals surface area contributed by atoms with Gasteiger partial charge in [-0.05, 0) is 61.5 Å². The molecule has 2 aliphatic rings. The maximum Gasteiger partial charge on any atom is 0.260 e. The van der Waals surface area contributed by atoms with Gasteiger partial charge in [0, 0.05) is 23.2 Å². The molecular weight excluding hydrogens is 488 g/mol. The van der Waals surface area contributed by atoms with Crippen LogP contribution in [0.2, 0.25) is 0 Å². The number of carbonyl (C=O) groups excluding carboxylic acids is 1. The zero-order valence-corrected chi connectivity index (χ0v) is 22.4. The van der Waals surface area contributed by atoms with Crippen LogP contribution in [0.15, 0.2) is 60.7 Å². The molecule has 2 atom stereocenters. The van der Waals surface area contributed by atoms with E-state index in [-0.39, 0.29) is 11.9 Å². The number of aryl methyl sites for hydroxylation is 1. The van der Waals surface area contributed by atoms with Gasteiger partial charge in [0.15, 0.2) is 22.3 Å². The van der Waals surface area contributed by atoms with E-state index in [1.54, 1.807) is 17.0 Å². The van der Waals surface area contributed by atoms with Crippen molar-refractivity contribution in [2.45, 2.75) is 38.5 Å². The molecule has 2 bridgehead atoms. The Bertz CT molecular complexity index is 1330. The number of anilines is 1. The van der Waals surface area contributed by atoms with Crippen LogP contribution in [0.4, 0.5) is 5.69 Å². The minimum absolute atomic E-state index is 0.261. The summed E-state index contributed by atoms with van der Waals surface area (Å²) < 4.78 is 23.0. The summed E-state index contributed by atoms with van der Waals surface area (Å²) in [7, 11) is 4.58. The van der Waals surface area contributed by atoms with Crippen molar-refractivity contribution in [3.8, 4) is 23.0 Å². The summed E-state index contributed by atoms with van der Waals surface area (Å²) in [4.78, 5) is 17.9.